The van der Waals surface area contributed by atoms with Crippen LogP contribution in [-0.4, -0.2) is 28.5 Å². The molecule has 0 aromatic carbocycles. The molecule has 0 saturated heterocycles. The molecule has 0 unspecified atom stereocenters. The molecule has 0 N–H and O–H groups in total. The van der Waals surface area contributed by atoms with Gasteiger partial charge in [0.15, 0.2) is 0 Å². The van der Waals surface area contributed by atoms with Crippen LogP contribution in [0.25, 0.3) is 0 Å². The molecule has 1 aliphatic heterocycles. The Balaban J connectivity index is 2.72. The molecule has 1 atom stereocenters. The third-order valence-corrected chi connectivity index (χ3v) is 4.36. The lowest BCUT2D eigenvalue weighted by Crippen LogP contribution is -2.35. The molecule has 92 valence electrons. The van der Waals surface area contributed by atoms with Crippen molar-refractivity contribution in [1.82, 2.24) is 4.90 Å². The molecule has 0 bridgehead atoms. The smallest absolute Gasteiger partial charge is 0.250 e. The van der Waals surface area contributed by atoms with Gasteiger partial charge >= 0.3 is 0 Å². The lowest BCUT2D eigenvalue weighted by Gasteiger charge is -2.26. The van der Waals surface area contributed by atoms with E-state index in [1.807, 2.05) is 23.6 Å². The highest BCUT2D eigenvalue weighted by Gasteiger charge is 2.34. The fraction of sp³-hybridized carbons (Fsp3) is 0.769. The van der Waals surface area contributed by atoms with E-state index in [1.165, 1.54) is 5.57 Å². The van der Waals surface area contributed by atoms with Crippen LogP contribution in [0.5, 0.6) is 0 Å². The third-order valence-electron chi connectivity index (χ3n) is 3.10. The van der Waals surface area contributed by atoms with Crippen LogP contribution in [0.15, 0.2) is 11.1 Å². The van der Waals surface area contributed by atoms with Crippen LogP contribution in [0.4, 0.5) is 0 Å². The Labute approximate surface area is 103 Å². The number of nitrogens with zero attached hydrogens (tertiary/aromatic N) is 1. The molecule has 3 heteroatoms. The van der Waals surface area contributed by atoms with E-state index in [2.05, 4.69) is 27.7 Å². The minimum absolute atomic E-state index is 0.240. The van der Waals surface area contributed by atoms with Gasteiger partial charge in [-0.2, -0.15) is 0 Å². The van der Waals surface area contributed by atoms with Crippen molar-refractivity contribution in [2.24, 2.45) is 5.92 Å². The fourth-order valence-electron chi connectivity index (χ4n) is 1.90. The predicted molar refractivity (Wildman–Crippen MR) is 71.5 cm³/mol. The van der Waals surface area contributed by atoms with E-state index in [4.69, 9.17) is 0 Å². The zero-order chi connectivity index (χ0) is 12.3. The Bertz CT molecular complexity index is 296. The lowest BCUT2D eigenvalue weighted by molar-refractivity contribution is -0.126. The summed E-state index contributed by atoms with van der Waals surface area (Å²) < 4.78 is 0. The Morgan fingerprint density at radius 3 is 2.50 bits per heavy atom. The maximum Gasteiger partial charge on any atom is 0.250 e. The minimum Gasteiger partial charge on any atom is -0.323 e. The van der Waals surface area contributed by atoms with Gasteiger partial charge < -0.3 is 4.90 Å². The zero-order valence-electron chi connectivity index (χ0n) is 11.0. The van der Waals surface area contributed by atoms with Gasteiger partial charge in [-0.25, -0.2) is 0 Å². The molecule has 0 spiro atoms. The van der Waals surface area contributed by atoms with Gasteiger partial charge in [-0.3, -0.25) is 4.79 Å². The van der Waals surface area contributed by atoms with Gasteiger partial charge in [0.05, 0.1) is 5.37 Å². The highest BCUT2D eigenvalue weighted by atomic mass is 32.2. The van der Waals surface area contributed by atoms with Crippen molar-refractivity contribution in [1.29, 1.82) is 0 Å². The van der Waals surface area contributed by atoms with E-state index >= 15 is 0 Å². The second-order valence-electron chi connectivity index (χ2n) is 4.80. The number of thioether (sulfide) groups is 1. The second-order valence-corrected chi connectivity index (χ2v) is 6.15. The van der Waals surface area contributed by atoms with E-state index in [0.717, 1.165) is 24.3 Å². The van der Waals surface area contributed by atoms with Gasteiger partial charge in [0, 0.05) is 12.1 Å². The first-order valence-corrected chi connectivity index (χ1v) is 7.13. The normalized spacial score (nSPS) is 21.5. The molecule has 0 saturated carbocycles. The van der Waals surface area contributed by atoms with Crippen LogP contribution in [0, 0.1) is 5.92 Å². The Morgan fingerprint density at radius 1 is 1.38 bits per heavy atom. The Morgan fingerprint density at radius 2 is 2.00 bits per heavy atom. The first-order valence-electron chi connectivity index (χ1n) is 6.09. The molecule has 16 heavy (non-hydrogen) atoms. The quantitative estimate of drug-likeness (QED) is 0.736. The van der Waals surface area contributed by atoms with Crippen molar-refractivity contribution in [2.45, 2.75) is 46.4 Å². The van der Waals surface area contributed by atoms with Crippen LogP contribution in [0.1, 0.15) is 41.0 Å². The molecule has 1 aliphatic rings. The first kappa shape index (κ1) is 13.6. The fourth-order valence-corrected chi connectivity index (χ4v) is 3.02. The standard InChI is InChI=1S/C13H23NOS/c1-6-16-13-11(5)10(4)12(15)14(13)8-7-9(2)3/h9,13H,6-8H2,1-5H3/t13-/m0/s1. The molecule has 2 nitrogen and oxygen atoms in total. The highest BCUT2D eigenvalue weighted by molar-refractivity contribution is 8.00. The molecule has 1 heterocycles. The average Bonchev–Trinajstić information content (AvgIpc) is 2.42. The van der Waals surface area contributed by atoms with Crippen molar-refractivity contribution in [2.75, 3.05) is 12.3 Å². The van der Waals surface area contributed by atoms with E-state index in [-0.39, 0.29) is 11.3 Å². The largest absolute Gasteiger partial charge is 0.323 e. The van der Waals surface area contributed by atoms with E-state index in [1.54, 1.807) is 0 Å². The Hall–Kier alpha value is -0.440. The minimum atomic E-state index is 0.240. The summed E-state index contributed by atoms with van der Waals surface area (Å²) in [6.07, 6.45) is 1.09. The molecule has 0 aromatic heterocycles. The van der Waals surface area contributed by atoms with Gasteiger partial charge in [-0.1, -0.05) is 20.8 Å². The molecule has 0 radical (unpaired) electrons. The summed E-state index contributed by atoms with van der Waals surface area (Å²) in [6, 6.07) is 0. The predicted octanol–water partition coefficient (Wildman–Crippen LogP) is 3.29. The van der Waals surface area contributed by atoms with Crippen LogP contribution >= 0.6 is 11.8 Å². The third kappa shape index (κ3) is 2.82. The van der Waals surface area contributed by atoms with Gasteiger partial charge in [0.25, 0.3) is 5.91 Å². The van der Waals surface area contributed by atoms with Crippen molar-refractivity contribution >= 4 is 17.7 Å². The van der Waals surface area contributed by atoms with Gasteiger partial charge in [-0.15, -0.1) is 11.8 Å². The summed E-state index contributed by atoms with van der Waals surface area (Å²) in [4.78, 5) is 14.1. The van der Waals surface area contributed by atoms with Crippen LogP contribution in [0.3, 0.4) is 0 Å². The number of rotatable bonds is 5. The number of hydrogen-bond donors (Lipinski definition) is 0. The number of carbonyl (C=O) groups excluding carboxylic acids is 1. The molecule has 0 aliphatic carbocycles. The summed E-state index contributed by atoms with van der Waals surface area (Å²) >= 11 is 1.86. The highest BCUT2D eigenvalue weighted by Crippen LogP contribution is 2.33. The molecule has 1 amide bonds. The van der Waals surface area contributed by atoms with Gasteiger partial charge in [0.1, 0.15) is 0 Å². The number of carbonyl (C=O) groups is 1. The number of amides is 1. The molecule has 0 fully saturated rings. The summed E-state index contributed by atoms with van der Waals surface area (Å²) in [5.41, 5.74) is 2.20. The molecular formula is C13H23NOS. The van der Waals surface area contributed by atoms with E-state index < -0.39 is 0 Å². The van der Waals surface area contributed by atoms with E-state index in [0.29, 0.717) is 5.92 Å². The Kier molecular flexibility index (Phi) is 4.90. The van der Waals surface area contributed by atoms with E-state index in [9.17, 15) is 4.79 Å². The summed E-state index contributed by atoms with van der Waals surface area (Å²) in [7, 11) is 0. The van der Waals surface area contributed by atoms with Gasteiger partial charge in [-0.05, 0) is 37.5 Å². The molecule has 0 aromatic rings. The van der Waals surface area contributed by atoms with Crippen molar-refractivity contribution in [3.8, 4) is 0 Å². The van der Waals surface area contributed by atoms with Gasteiger partial charge in [0.2, 0.25) is 0 Å². The average molecular weight is 241 g/mol. The first-order chi connectivity index (χ1) is 7.49. The maximum atomic E-state index is 12.1. The van der Waals surface area contributed by atoms with Crippen molar-refractivity contribution < 1.29 is 4.79 Å². The topological polar surface area (TPSA) is 20.3 Å². The van der Waals surface area contributed by atoms with Crippen LogP contribution < -0.4 is 0 Å². The van der Waals surface area contributed by atoms with Crippen LogP contribution in [-0.2, 0) is 4.79 Å². The van der Waals surface area contributed by atoms with Crippen molar-refractivity contribution in [3.05, 3.63) is 11.1 Å². The summed E-state index contributed by atoms with van der Waals surface area (Å²) in [5, 5.41) is 0.288. The van der Waals surface area contributed by atoms with Crippen molar-refractivity contribution in [3.63, 3.8) is 0 Å². The zero-order valence-corrected chi connectivity index (χ0v) is 11.9. The monoisotopic (exact) mass is 241 g/mol. The molecule has 1 rings (SSSR count). The summed E-state index contributed by atoms with van der Waals surface area (Å²) in [5.74, 6) is 1.95. The SMILES string of the molecule is CCS[C@H]1C(C)=C(C)C(=O)N1CCC(C)C. The molecular weight excluding hydrogens is 218 g/mol. The maximum absolute atomic E-state index is 12.1. The van der Waals surface area contributed by atoms with Crippen LogP contribution in [0.2, 0.25) is 0 Å². The number of hydrogen-bond acceptors (Lipinski definition) is 2. The second kappa shape index (κ2) is 5.76. The summed E-state index contributed by atoms with van der Waals surface area (Å²) in [6.45, 7) is 11.5. The lowest BCUT2D eigenvalue weighted by atomic mass is 10.1.